The summed E-state index contributed by atoms with van der Waals surface area (Å²) in [5, 5.41) is 14.6. The summed E-state index contributed by atoms with van der Waals surface area (Å²) in [6.45, 7) is 1.70. The second kappa shape index (κ2) is 19.5. The van der Waals surface area contributed by atoms with Gasteiger partial charge in [-0.3, -0.25) is 0 Å². The molecule has 10 aromatic carbocycles. The summed E-state index contributed by atoms with van der Waals surface area (Å²) in [4.78, 5) is 30.1. The molecule has 4 aromatic heterocycles. The quantitative estimate of drug-likeness (QED) is 0.142. The van der Waals surface area contributed by atoms with E-state index in [1.807, 2.05) is 215 Å². The molecular formula is C69H42F3N9. The van der Waals surface area contributed by atoms with Crippen molar-refractivity contribution in [3.63, 3.8) is 0 Å². The molecule has 0 spiro atoms. The van der Waals surface area contributed by atoms with Crippen LogP contribution in [0.1, 0.15) is 16.7 Å². The Hall–Kier alpha value is -10.9. The normalized spacial score (nSPS) is 11.7. The van der Waals surface area contributed by atoms with Gasteiger partial charge in [0, 0.05) is 66.1 Å². The minimum absolute atomic E-state index is 0.0291. The minimum atomic E-state index is -4.79. The molecule has 4 heterocycles. The van der Waals surface area contributed by atoms with E-state index in [-0.39, 0.29) is 16.7 Å². The van der Waals surface area contributed by atoms with Crippen molar-refractivity contribution in [2.24, 2.45) is 0 Å². The molecule has 9 nitrogen and oxygen atoms in total. The van der Waals surface area contributed by atoms with Gasteiger partial charge in [-0.05, 0) is 55.0 Å². The summed E-state index contributed by atoms with van der Waals surface area (Å²) in [7, 11) is 0. The fourth-order valence-corrected chi connectivity index (χ4v) is 11.1. The lowest BCUT2D eigenvalue weighted by molar-refractivity contribution is -0.137. The molecule has 384 valence electrons. The number of hydrogen-bond donors (Lipinski definition) is 0. The summed E-state index contributed by atoms with van der Waals surface area (Å²) >= 11 is 0. The Labute approximate surface area is 462 Å². The number of benzene rings is 10. The second-order valence-electron chi connectivity index (χ2n) is 19.7. The van der Waals surface area contributed by atoms with Crippen LogP contribution in [0.15, 0.2) is 237 Å². The van der Waals surface area contributed by atoms with Crippen LogP contribution in [-0.2, 0) is 6.18 Å². The Morgan fingerprint density at radius 2 is 0.691 bits per heavy atom. The van der Waals surface area contributed by atoms with Crippen LogP contribution in [-0.4, -0.2) is 39.0 Å². The number of alkyl halides is 3. The van der Waals surface area contributed by atoms with E-state index < -0.39 is 11.7 Å². The maximum atomic E-state index is 16.0. The van der Waals surface area contributed by atoms with Gasteiger partial charge in [-0.15, -0.1) is 0 Å². The van der Waals surface area contributed by atoms with Crippen LogP contribution in [0.25, 0.3) is 134 Å². The van der Waals surface area contributed by atoms with E-state index >= 15 is 13.2 Å². The third-order valence-electron chi connectivity index (χ3n) is 14.8. The number of para-hydroxylation sites is 2. The lowest BCUT2D eigenvalue weighted by atomic mass is 9.90. The van der Waals surface area contributed by atoms with Crippen LogP contribution < -0.4 is 0 Å². The van der Waals surface area contributed by atoms with E-state index in [1.165, 1.54) is 6.07 Å². The second-order valence-corrected chi connectivity index (χ2v) is 19.7. The molecule has 0 N–H and O–H groups in total. The fourth-order valence-electron chi connectivity index (χ4n) is 11.1. The van der Waals surface area contributed by atoms with Crippen LogP contribution in [0.5, 0.6) is 0 Å². The predicted molar refractivity (Wildman–Crippen MR) is 314 cm³/mol. The summed E-state index contributed by atoms with van der Waals surface area (Å²) in [5.74, 6) is 2.71. The van der Waals surface area contributed by atoms with Gasteiger partial charge in [-0.2, -0.15) is 18.4 Å². The molecule has 0 aliphatic heterocycles. The van der Waals surface area contributed by atoms with Crippen molar-refractivity contribution >= 4 is 43.6 Å². The van der Waals surface area contributed by atoms with Gasteiger partial charge < -0.3 is 9.13 Å². The fraction of sp³-hybridized carbons (Fsp3) is 0.0290. The third kappa shape index (κ3) is 8.52. The SMILES string of the molecule is Cc1cccc(C(F)(F)F)c1-c1c(-n2c3ccccc3c3ccc(-c4nc(-c5ccccc5)nc(-c5ccccc5)n4)cc32)cc(C#N)cc1-n1c2ccccc2c2ccc(-c3nc(-c4ccccc4)nc(-c4ccccc4)n3)cc21. The van der Waals surface area contributed by atoms with Crippen LogP contribution in [0, 0.1) is 18.3 Å². The molecule has 0 aliphatic carbocycles. The van der Waals surface area contributed by atoms with Gasteiger partial charge in [-0.1, -0.05) is 194 Å². The molecule has 0 unspecified atom stereocenters. The first kappa shape index (κ1) is 48.5. The molecule has 14 rings (SSSR count). The zero-order chi connectivity index (χ0) is 54.8. The average molecular weight is 1050 g/mol. The van der Waals surface area contributed by atoms with Gasteiger partial charge in [0.1, 0.15) is 0 Å². The molecule has 12 heteroatoms. The third-order valence-corrected chi connectivity index (χ3v) is 14.8. The van der Waals surface area contributed by atoms with Crippen molar-refractivity contribution in [1.82, 2.24) is 39.0 Å². The molecule has 81 heavy (non-hydrogen) atoms. The highest BCUT2D eigenvalue weighted by Gasteiger charge is 2.37. The molecule has 0 saturated heterocycles. The van der Waals surface area contributed by atoms with Gasteiger partial charge >= 0.3 is 6.18 Å². The first-order valence-electron chi connectivity index (χ1n) is 26.2. The van der Waals surface area contributed by atoms with Gasteiger partial charge in [0.05, 0.1) is 50.6 Å². The number of hydrogen-bond acceptors (Lipinski definition) is 7. The maximum absolute atomic E-state index is 16.0. The van der Waals surface area contributed by atoms with Crippen molar-refractivity contribution in [3.05, 3.63) is 253 Å². The monoisotopic (exact) mass is 1050 g/mol. The number of aromatic nitrogens is 8. The van der Waals surface area contributed by atoms with Crippen LogP contribution >= 0.6 is 0 Å². The Balaban J connectivity index is 1.08. The summed E-state index contributed by atoms with van der Waals surface area (Å²) in [6, 6.07) is 76.4. The smallest absolute Gasteiger partial charge is 0.308 e. The molecule has 0 radical (unpaired) electrons. The molecule has 0 amide bonds. The highest BCUT2D eigenvalue weighted by Crippen LogP contribution is 2.48. The Morgan fingerprint density at radius 3 is 1.06 bits per heavy atom. The Kier molecular flexibility index (Phi) is 11.7. The number of aryl methyl sites for hydroxylation is 1. The molecular weight excluding hydrogens is 1010 g/mol. The maximum Gasteiger partial charge on any atom is 0.417 e. The van der Waals surface area contributed by atoms with Crippen molar-refractivity contribution in [2.75, 3.05) is 0 Å². The van der Waals surface area contributed by atoms with Crippen LogP contribution in [0.4, 0.5) is 13.2 Å². The molecule has 0 aliphatic rings. The molecule has 0 bridgehead atoms. The van der Waals surface area contributed by atoms with Crippen molar-refractivity contribution in [3.8, 4) is 96.9 Å². The highest BCUT2D eigenvalue weighted by atomic mass is 19.4. The number of rotatable bonds is 9. The van der Waals surface area contributed by atoms with Crippen molar-refractivity contribution in [1.29, 1.82) is 5.26 Å². The van der Waals surface area contributed by atoms with Crippen molar-refractivity contribution in [2.45, 2.75) is 13.1 Å². The number of nitriles is 1. The zero-order valence-corrected chi connectivity index (χ0v) is 43.2. The summed E-state index contributed by atoms with van der Waals surface area (Å²) < 4.78 is 52.0. The lowest BCUT2D eigenvalue weighted by Crippen LogP contribution is -2.12. The largest absolute Gasteiger partial charge is 0.417 e. The molecule has 0 fully saturated rings. The molecule has 0 saturated carbocycles. The number of fused-ring (bicyclic) bond motifs is 6. The summed E-state index contributed by atoms with van der Waals surface area (Å²) in [5.41, 5.74) is 7.98. The Bertz CT molecular complexity index is 4440. The van der Waals surface area contributed by atoms with Crippen LogP contribution in [0.2, 0.25) is 0 Å². The zero-order valence-electron chi connectivity index (χ0n) is 43.2. The molecule has 14 aromatic rings. The predicted octanol–water partition coefficient (Wildman–Crippen LogP) is 17.1. The van der Waals surface area contributed by atoms with Gasteiger partial charge in [0.15, 0.2) is 34.9 Å². The Morgan fingerprint density at radius 1 is 0.346 bits per heavy atom. The topological polar surface area (TPSA) is 111 Å². The van der Waals surface area contributed by atoms with E-state index in [0.29, 0.717) is 85.1 Å². The first-order valence-corrected chi connectivity index (χ1v) is 26.2. The standard InChI is InChI=1S/C69H42F3N9/c1-42-19-18-30-54(69(70,71)72)61(42)62-59(80-55-31-16-14-28-50(55)52-35-33-48(39-57(52)80)67-76-63(44-20-6-2-7-21-44)74-64(77-67)45-22-8-3-9-23-45)37-43(41-73)38-60(62)81-56-32-17-15-29-51(56)53-36-34-49(40-58(53)81)68-78-65(46-24-10-4-11-25-46)75-66(79-68)47-26-12-5-13-27-47/h2-40H,1H3. The molecule has 0 atom stereocenters. The van der Waals surface area contributed by atoms with Crippen molar-refractivity contribution < 1.29 is 13.2 Å². The lowest BCUT2D eigenvalue weighted by Gasteiger charge is -2.24. The number of nitrogens with zero attached hydrogens (tertiary/aromatic N) is 9. The number of halogens is 3. The van der Waals surface area contributed by atoms with E-state index in [4.69, 9.17) is 29.9 Å². The van der Waals surface area contributed by atoms with E-state index in [9.17, 15) is 5.26 Å². The van der Waals surface area contributed by atoms with E-state index in [1.54, 1.807) is 25.1 Å². The van der Waals surface area contributed by atoms with Crippen LogP contribution in [0.3, 0.4) is 0 Å². The van der Waals surface area contributed by atoms with Gasteiger partial charge in [0.25, 0.3) is 0 Å². The average Bonchev–Trinajstić information content (AvgIpc) is 3.51. The summed E-state index contributed by atoms with van der Waals surface area (Å²) in [6.07, 6.45) is -4.79. The van der Waals surface area contributed by atoms with Gasteiger partial charge in [0.2, 0.25) is 0 Å². The van der Waals surface area contributed by atoms with Gasteiger partial charge in [-0.25, -0.2) is 29.9 Å². The first-order chi connectivity index (χ1) is 39.7. The van der Waals surface area contributed by atoms with E-state index in [0.717, 1.165) is 49.9 Å². The van der Waals surface area contributed by atoms with E-state index in [2.05, 4.69) is 6.07 Å². The minimum Gasteiger partial charge on any atom is -0.308 e. The highest BCUT2D eigenvalue weighted by molar-refractivity contribution is 6.13.